The number of benzene rings is 1. The van der Waals surface area contributed by atoms with Crippen molar-refractivity contribution in [2.24, 2.45) is 0 Å². The number of nitrogens with zero attached hydrogens (tertiary/aromatic N) is 1. The van der Waals surface area contributed by atoms with Crippen LogP contribution in [-0.2, 0) is 14.3 Å². The average Bonchev–Trinajstić information content (AvgIpc) is 2.34. The number of para-hydroxylation sites is 1. The number of anilines is 2. The molecule has 0 spiro atoms. The molecule has 0 bridgehead atoms. The Labute approximate surface area is 104 Å². The topological polar surface area (TPSA) is 81.9 Å². The van der Waals surface area contributed by atoms with Crippen LogP contribution in [0.1, 0.15) is 6.92 Å². The van der Waals surface area contributed by atoms with E-state index in [4.69, 9.17) is 10.5 Å². The monoisotopic (exact) mass is 250 g/mol. The van der Waals surface area contributed by atoms with Crippen molar-refractivity contribution in [1.29, 1.82) is 0 Å². The van der Waals surface area contributed by atoms with E-state index in [1.165, 1.54) is 12.0 Å². The maximum absolute atomic E-state index is 12.0. The van der Waals surface area contributed by atoms with Crippen LogP contribution >= 0.6 is 0 Å². The number of ether oxygens (including phenoxy) is 2. The van der Waals surface area contributed by atoms with Gasteiger partial charge in [-0.25, -0.2) is 0 Å². The standard InChI is InChI=1S/C12H14N2O4/c1-7-12(16)14(6-10(15)17-2)11-8(13)4-3-5-9(11)18-7/h3-5,7H,6,13H2,1-2H3. The molecule has 0 aliphatic carbocycles. The number of hydrogen-bond acceptors (Lipinski definition) is 5. The van der Waals surface area contributed by atoms with E-state index >= 15 is 0 Å². The van der Waals surface area contributed by atoms with Gasteiger partial charge < -0.3 is 15.2 Å². The summed E-state index contributed by atoms with van der Waals surface area (Å²) >= 11 is 0. The summed E-state index contributed by atoms with van der Waals surface area (Å²) in [6.45, 7) is 1.45. The molecule has 2 rings (SSSR count). The normalized spacial score (nSPS) is 18.0. The van der Waals surface area contributed by atoms with E-state index < -0.39 is 12.1 Å². The van der Waals surface area contributed by atoms with Crippen LogP contribution in [0.3, 0.4) is 0 Å². The molecule has 96 valence electrons. The van der Waals surface area contributed by atoms with Crippen molar-refractivity contribution in [2.45, 2.75) is 13.0 Å². The zero-order chi connectivity index (χ0) is 13.3. The summed E-state index contributed by atoms with van der Waals surface area (Å²) in [7, 11) is 1.27. The molecule has 1 aliphatic heterocycles. The van der Waals surface area contributed by atoms with Crippen molar-refractivity contribution in [3.63, 3.8) is 0 Å². The van der Waals surface area contributed by atoms with Crippen LogP contribution < -0.4 is 15.4 Å². The van der Waals surface area contributed by atoms with E-state index in [9.17, 15) is 9.59 Å². The lowest BCUT2D eigenvalue weighted by Crippen LogP contribution is -2.47. The van der Waals surface area contributed by atoms with Gasteiger partial charge in [-0.05, 0) is 19.1 Å². The van der Waals surface area contributed by atoms with Crippen LogP contribution in [0.25, 0.3) is 0 Å². The number of rotatable bonds is 2. The van der Waals surface area contributed by atoms with Gasteiger partial charge in [-0.3, -0.25) is 14.5 Å². The van der Waals surface area contributed by atoms with E-state index in [0.29, 0.717) is 17.1 Å². The number of fused-ring (bicyclic) bond motifs is 1. The number of esters is 1. The number of carbonyl (C=O) groups is 2. The van der Waals surface area contributed by atoms with Gasteiger partial charge in [0.2, 0.25) is 0 Å². The highest BCUT2D eigenvalue weighted by Crippen LogP contribution is 2.38. The van der Waals surface area contributed by atoms with Crippen molar-refractivity contribution in [3.8, 4) is 5.75 Å². The number of methoxy groups -OCH3 is 1. The molecule has 1 atom stereocenters. The summed E-state index contributed by atoms with van der Waals surface area (Å²) < 4.78 is 10.0. The summed E-state index contributed by atoms with van der Waals surface area (Å²) in [5, 5.41) is 0. The Bertz CT molecular complexity index is 501. The first-order valence-electron chi connectivity index (χ1n) is 5.48. The lowest BCUT2D eigenvalue weighted by atomic mass is 10.1. The van der Waals surface area contributed by atoms with Crippen LogP contribution in [-0.4, -0.2) is 31.6 Å². The van der Waals surface area contributed by atoms with E-state index in [0.717, 1.165) is 0 Å². The highest BCUT2D eigenvalue weighted by Gasteiger charge is 2.34. The molecule has 0 aromatic heterocycles. The molecule has 0 saturated carbocycles. The predicted molar refractivity (Wildman–Crippen MR) is 65.3 cm³/mol. The third kappa shape index (κ3) is 1.97. The molecule has 1 aliphatic rings. The Morgan fingerprint density at radius 1 is 1.56 bits per heavy atom. The first kappa shape index (κ1) is 12.2. The van der Waals surface area contributed by atoms with Gasteiger partial charge in [0.05, 0.1) is 12.8 Å². The second-order valence-electron chi connectivity index (χ2n) is 3.95. The smallest absolute Gasteiger partial charge is 0.325 e. The zero-order valence-corrected chi connectivity index (χ0v) is 10.2. The summed E-state index contributed by atoms with van der Waals surface area (Å²) in [5.41, 5.74) is 6.64. The van der Waals surface area contributed by atoms with Gasteiger partial charge in [0.25, 0.3) is 5.91 Å². The molecule has 1 aromatic carbocycles. The Morgan fingerprint density at radius 3 is 2.94 bits per heavy atom. The van der Waals surface area contributed by atoms with Gasteiger partial charge in [-0.15, -0.1) is 0 Å². The summed E-state index contributed by atoms with van der Waals surface area (Å²) in [6, 6.07) is 5.08. The van der Waals surface area contributed by atoms with Gasteiger partial charge >= 0.3 is 5.97 Å². The van der Waals surface area contributed by atoms with Gasteiger partial charge in [0.15, 0.2) is 6.10 Å². The minimum atomic E-state index is -0.649. The van der Waals surface area contributed by atoms with Crippen LogP contribution in [0, 0.1) is 0 Å². The van der Waals surface area contributed by atoms with Crippen molar-refractivity contribution >= 4 is 23.3 Å². The molecule has 0 saturated heterocycles. The molecule has 0 radical (unpaired) electrons. The van der Waals surface area contributed by atoms with E-state index in [-0.39, 0.29) is 12.5 Å². The fourth-order valence-corrected chi connectivity index (χ4v) is 1.84. The summed E-state index contributed by atoms with van der Waals surface area (Å²) in [5.74, 6) is -0.330. The van der Waals surface area contributed by atoms with Crippen LogP contribution in [0.2, 0.25) is 0 Å². The number of nitrogens with two attached hydrogens (primary N) is 1. The zero-order valence-electron chi connectivity index (χ0n) is 10.2. The van der Waals surface area contributed by atoms with Crippen LogP contribution in [0.15, 0.2) is 18.2 Å². The third-order valence-corrected chi connectivity index (χ3v) is 2.73. The van der Waals surface area contributed by atoms with Crippen molar-refractivity contribution < 1.29 is 19.1 Å². The van der Waals surface area contributed by atoms with Gasteiger partial charge in [-0.2, -0.15) is 0 Å². The Kier molecular flexibility index (Phi) is 3.10. The van der Waals surface area contributed by atoms with Gasteiger partial charge in [0, 0.05) is 0 Å². The van der Waals surface area contributed by atoms with Crippen LogP contribution in [0.5, 0.6) is 5.75 Å². The highest BCUT2D eigenvalue weighted by molar-refractivity contribution is 6.05. The van der Waals surface area contributed by atoms with Crippen molar-refractivity contribution in [2.75, 3.05) is 24.3 Å². The number of carbonyl (C=O) groups excluding carboxylic acids is 2. The SMILES string of the molecule is COC(=O)CN1C(=O)C(C)Oc2cccc(N)c21. The molecule has 1 heterocycles. The van der Waals surface area contributed by atoms with Crippen LogP contribution in [0.4, 0.5) is 11.4 Å². The highest BCUT2D eigenvalue weighted by atomic mass is 16.5. The number of amides is 1. The molecule has 6 heteroatoms. The number of nitrogen functional groups attached to an aromatic ring is 1. The van der Waals surface area contributed by atoms with Gasteiger partial charge in [-0.1, -0.05) is 6.07 Å². The minimum Gasteiger partial charge on any atom is -0.479 e. The number of hydrogen-bond donors (Lipinski definition) is 1. The largest absolute Gasteiger partial charge is 0.479 e. The Balaban J connectivity index is 2.44. The first-order chi connectivity index (χ1) is 8.54. The predicted octanol–water partition coefficient (Wildman–Crippen LogP) is 0.556. The van der Waals surface area contributed by atoms with E-state index in [2.05, 4.69) is 4.74 Å². The lowest BCUT2D eigenvalue weighted by Gasteiger charge is -2.33. The van der Waals surface area contributed by atoms with Gasteiger partial charge in [0.1, 0.15) is 18.0 Å². The van der Waals surface area contributed by atoms with Crippen molar-refractivity contribution in [3.05, 3.63) is 18.2 Å². The summed E-state index contributed by atoms with van der Waals surface area (Å²) in [6.07, 6.45) is -0.649. The van der Waals surface area contributed by atoms with E-state index in [1.807, 2.05) is 0 Å². The summed E-state index contributed by atoms with van der Waals surface area (Å²) in [4.78, 5) is 24.7. The maximum atomic E-state index is 12.0. The minimum absolute atomic E-state index is 0.176. The fraction of sp³-hybridized carbons (Fsp3) is 0.333. The van der Waals surface area contributed by atoms with Crippen molar-refractivity contribution in [1.82, 2.24) is 0 Å². The molecular formula is C12H14N2O4. The third-order valence-electron chi connectivity index (χ3n) is 2.73. The Hall–Kier alpha value is -2.24. The average molecular weight is 250 g/mol. The second kappa shape index (κ2) is 4.56. The molecule has 1 amide bonds. The molecule has 0 fully saturated rings. The molecule has 2 N–H and O–H groups in total. The second-order valence-corrected chi connectivity index (χ2v) is 3.95. The molecule has 1 aromatic rings. The molecule has 18 heavy (non-hydrogen) atoms. The quantitative estimate of drug-likeness (QED) is 0.612. The molecular weight excluding hydrogens is 236 g/mol. The molecule has 6 nitrogen and oxygen atoms in total. The first-order valence-corrected chi connectivity index (χ1v) is 5.48. The van der Waals surface area contributed by atoms with E-state index in [1.54, 1.807) is 25.1 Å². The lowest BCUT2D eigenvalue weighted by molar-refractivity contribution is -0.140. The maximum Gasteiger partial charge on any atom is 0.325 e. The Morgan fingerprint density at radius 2 is 2.28 bits per heavy atom. The fourth-order valence-electron chi connectivity index (χ4n) is 1.84. The molecule has 1 unspecified atom stereocenters.